The zero-order valence-corrected chi connectivity index (χ0v) is 14.6. The second-order valence-corrected chi connectivity index (χ2v) is 5.59. The van der Waals surface area contributed by atoms with Crippen LogP contribution in [0, 0.1) is 15.9 Å². The van der Waals surface area contributed by atoms with Crippen molar-refractivity contribution in [3.05, 3.63) is 75.6 Å². The standard InChI is InChI=1S/C16H11ClFN7O3/c17-13-11(2-1-7-19-13)22-14-12(25(27)28)15(21-8-20-14)23-24-16(26)9-3-5-10(18)6-4-9/h1-8H,(H,24,26)(H2,20,21,22,23). The Kier molecular flexibility index (Phi) is 5.56. The minimum Gasteiger partial charge on any atom is -0.332 e. The van der Waals surface area contributed by atoms with Crippen LogP contribution >= 0.6 is 11.6 Å². The summed E-state index contributed by atoms with van der Waals surface area (Å²) in [6, 6.07) is 7.90. The van der Waals surface area contributed by atoms with Gasteiger partial charge in [-0.1, -0.05) is 11.6 Å². The fourth-order valence-corrected chi connectivity index (χ4v) is 2.30. The van der Waals surface area contributed by atoms with E-state index in [1.807, 2.05) is 0 Å². The van der Waals surface area contributed by atoms with Crippen LogP contribution in [0.2, 0.25) is 5.15 Å². The van der Waals surface area contributed by atoms with Gasteiger partial charge in [0.25, 0.3) is 5.91 Å². The molecule has 0 aliphatic heterocycles. The Hall–Kier alpha value is -3.86. The first-order chi connectivity index (χ1) is 13.5. The molecule has 2 aromatic heterocycles. The fraction of sp³-hybridized carbons (Fsp3) is 0. The molecule has 0 aliphatic carbocycles. The van der Waals surface area contributed by atoms with Crippen molar-refractivity contribution in [1.29, 1.82) is 0 Å². The van der Waals surface area contributed by atoms with E-state index in [1.54, 1.807) is 12.1 Å². The van der Waals surface area contributed by atoms with Gasteiger partial charge in [0.15, 0.2) is 5.15 Å². The van der Waals surface area contributed by atoms with Gasteiger partial charge in [0, 0.05) is 11.8 Å². The molecule has 1 amide bonds. The molecule has 3 N–H and O–H groups in total. The number of pyridine rings is 1. The van der Waals surface area contributed by atoms with E-state index in [0.717, 1.165) is 18.5 Å². The number of nitrogens with zero attached hydrogens (tertiary/aromatic N) is 4. The third kappa shape index (κ3) is 4.27. The minimum absolute atomic E-state index is 0.0922. The lowest BCUT2D eigenvalue weighted by Gasteiger charge is -2.11. The van der Waals surface area contributed by atoms with Gasteiger partial charge in [-0.25, -0.2) is 19.3 Å². The Morgan fingerprint density at radius 3 is 2.50 bits per heavy atom. The van der Waals surface area contributed by atoms with Crippen LogP contribution < -0.4 is 16.2 Å². The number of rotatable bonds is 6. The molecule has 0 saturated heterocycles. The van der Waals surface area contributed by atoms with E-state index >= 15 is 0 Å². The van der Waals surface area contributed by atoms with Gasteiger partial charge in [0.2, 0.25) is 11.6 Å². The topological polar surface area (TPSA) is 135 Å². The molecular weight excluding hydrogens is 393 g/mol. The number of anilines is 3. The van der Waals surface area contributed by atoms with Crippen molar-refractivity contribution < 1.29 is 14.1 Å². The van der Waals surface area contributed by atoms with Crippen LogP contribution in [0.25, 0.3) is 0 Å². The van der Waals surface area contributed by atoms with E-state index in [2.05, 4.69) is 31.1 Å². The fourth-order valence-electron chi connectivity index (χ4n) is 2.13. The molecule has 10 nitrogen and oxygen atoms in total. The second-order valence-electron chi connectivity index (χ2n) is 5.23. The van der Waals surface area contributed by atoms with Gasteiger partial charge < -0.3 is 5.32 Å². The van der Waals surface area contributed by atoms with Crippen molar-refractivity contribution in [1.82, 2.24) is 20.4 Å². The van der Waals surface area contributed by atoms with Crippen molar-refractivity contribution in [2.45, 2.75) is 0 Å². The highest BCUT2D eigenvalue weighted by atomic mass is 35.5. The first-order valence-corrected chi connectivity index (χ1v) is 8.02. The van der Waals surface area contributed by atoms with E-state index in [1.165, 1.54) is 18.3 Å². The number of hydrogen-bond donors (Lipinski definition) is 3. The highest BCUT2D eigenvalue weighted by Gasteiger charge is 2.24. The SMILES string of the molecule is O=C(NNc1ncnc(Nc2cccnc2Cl)c1[N+](=O)[O-])c1ccc(F)cc1. The summed E-state index contributed by atoms with van der Waals surface area (Å²) >= 11 is 5.94. The third-order valence-corrected chi connectivity index (χ3v) is 3.72. The molecule has 0 unspecified atom stereocenters. The first kappa shape index (κ1) is 18.9. The maximum absolute atomic E-state index is 12.9. The van der Waals surface area contributed by atoms with E-state index in [4.69, 9.17) is 11.6 Å². The first-order valence-electron chi connectivity index (χ1n) is 7.64. The number of halogens is 2. The summed E-state index contributed by atoms with van der Waals surface area (Å²) in [5, 5.41) is 14.3. The summed E-state index contributed by atoms with van der Waals surface area (Å²) < 4.78 is 12.9. The lowest BCUT2D eigenvalue weighted by atomic mass is 10.2. The molecule has 0 spiro atoms. The zero-order chi connectivity index (χ0) is 20.1. The molecule has 1 aromatic carbocycles. The third-order valence-electron chi connectivity index (χ3n) is 3.42. The van der Waals surface area contributed by atoms with E-state index < -0.39 is 22.3 Å². The van der Waals surface area contributed by atoms with Crippen LogP contribution in [0.1, 0.15) is 10.4 Å². The number of amides is 1. The molecule has 0 bridgehead atoms. The summed E-state index contributed by atoms with van der Waals surface area (Å²) in [6.07, 6.45) is 2.52. The molecule has 3 aromatic rings. The Morgan fingerprint density at radius 1 is 1.11 bits per heavy atom. The number of carbonyl (C=O) groups is 1. The number of benzene rings is 1. The monoisotopic (exact) mass is 403 g/mol. The van der Waals surface area contributed by atoms with Crippen LogP contribution in [0.3, 0.4) is 0 Å². The van der Waals surface area contributed by atoms with Gasteiger partial charge in [0.1, 0.15) is 12.1 Å². The summed E-state index contributed by atoms with van der Waals surface area (Å²) in [7, 11) is 0. The van der Waals surface area contributed by atoms with E-state index in [-0.39, 0.29) is 22.4 Å². The highest BCUT2D eigenvalue weighted by Crippen LogP contribution is 2.32. The number of carbonyl (C=O) groups excluding carboxylic acids is 1. The van der Waals surface area contributed by atoms with E-state index in [9.17, 15) is 19.3 Å². The predicted molar refractivity (Wildman–Crippen MR) is 98.7 cm³/mol. The lowest BCUT2D eigenvalue weighted by molar-refractivity contribution is -0.383. The van der Waals surface area contributed by atoms with Crippen molar-refractivity contribution in [2.75, 3.05) is 10.7 Å². The number of aromatic nitrogens is 3. The highest BCUT2D eigenvalue weighted by molar-refractivity contribution is 6.32. The maximum Gasteiger partial charge on any atom is 0.355 e. The average Bonchev–Trinajstić information content (AvgIpc) is 2.68. The van der Waals surface area contributed by atoms with Gasteiger partial charge in [-0.05, 0) is 36.4 Å². The smallest absolute Gasteiger partial charge is 0.332 e. The molecule has 3 rings (SSSR count). The van der Waals surface area contributed by atoms with Crippen molar-refractivity contribution in [3.8, 4) is 0 Å². The average molecular weight is 404 g/mol. The quantitative estimate of drug-likeness (QED) is 0.324. The van der Waals surface area contributed by atoms with Gasteiger partial charge in [-0.2, -0.15) is 0 Å². The molecule has 0 radical (unpaired) electrons. The summed E-state index contributed by atoms with van der Waals surface area (Å²) in [5.41, 5.74) is 4.55. The Morgan fingerprint density at radius 2 is 1.82 bits per heavy atom. The van der Waals surface area contributed by atoms with Gasteiger partial charge >= 0.3 is 5.69 Å². The Labute approximate surface area is 161 Å². The molecule has 0 aliphatic rings. The number of nitro groups is 1. The molecule has 142 valence electrons. The number of hydrazine groups is 1. The molecule has 0 fully saturated rings. The van der Waals surface area contributed by atoms with Gasteiger partial charge in [0.05, 0.1) is 10.6 Å². The molecule has 2 heterocycles. The molecule has 28 heavy (non-hydrogen) atoms. The number of nitrogens with one attached hydrogen (secondary N) is 3. The predicted octanol–water partition coefficient (Wildman–Crippen LogP) is 3.07. The van der Waals surface area contributed by atoms with Crippen LogP contribution in [0.4, 0.5) is 27.4 Å². The largest absolute Gasteiger partial charge is 0.355 e. The van der Waals surface area contributed by atoms with Gasteiger partial charge in [-0.3, -0.25) is 25.8 Å². The normalized spacial score (nSPS) is 10.2. The van der Waals surface area contributed by atoms with Gasteiger partial charge in [-0.15, -0.1) is 0 Å². The van der Waals surface area contributed by atoms with Crippen LogP contribution in [-0.4, -0.2) is 25.8 Å². The van der Waals surface area contributed by atoms with Crippen LogP contribution in [0.15, 0.2) is 48.9 Å². The summed E-state index contributed by atoms with van der Waals surface area (Å²) in [4.78, 5) is 34.4. The molecule has 12 heteroatoms. The lowest BCUT2D eigenvalue weighted by Crippen LogP contribution is -2.30. The maximum atomic E-state index is 12.9. The Balaban J connectivity index is 1.83. The summed E-state index contributed by atoms with van der Waals surface area (Å²) in [5.74, 6) is -1.56. The molecule has 0 saturated carbocycles. The van der Waals surface area contributed by atoms with E-state index in [0.29, 0.717) is 5.69 Å². The Bertz CT molecular complexity index is 1030. The van der Waals surface area contributed by atoms with Crippen molar-refractivity contribution >= 4 is 40.5 Å². The van der Waals surface area contributed by atoms with Crippen LogP contribution in [-0.2, 0) is 0 Å². The summed E-state index contributed by atoms with van der Waals surface area (Å²) in [6.45, 7) is 0. The van der Waals surface area contributed by atoms with Crippen molar-refractivity contribution in [3.63, 3.8) is 0 Å². The molecular formula is C16H11ClFN7O3. The zero-order valence-electron chi connectivity index (χ0n) is 13.9. The molecule has 0 atom stereocenters. The number of hydrogen-bond acceptors (Lipinski definition) is 8. The minimum atomic E-state index is -0.723. The van der Waals surface area contributed by atoms with Crippen LogP contribution in [0.5, 0.6) is 0 Å². The second kappa shape index (κ2) is 8.22. The van der Waals surface area contributed by atoms with Crippen molar-refractivity contribution in [2.24, 2.45) is 0 Å².